The van der Waals surface area contributed by atoms with E-state index in [-0.39, 0.29) is 18.4 Å². The van der Waals surface area contributed by atoms with Crippen LogP contribution in [0.25, 0.3) is 0 Å². The highest BCUT2D eigenvalue weighted by Gasteiger charge is 2.28. The molecule has 212 valence electrons. The number of benzene rings is 2. The van der Waals surface area contributed by atoms with E-state index in [1.165, 1.54) is 12.8 Å². The number of hydrogen-bond donors (Lipinski definition) is 2. The minimum atomic E-state index is -0.787. The fourth-order valence-electron chi connectivity index (χ4n) is 5.15. The van der Waals surface area contributed by atoms with Gasteiger partial charge in [-0.1, -0.05) is 13.3 Å². The van der Waals surface area contributed by atoms with Crippen LogP contribution in [0.5, 0.6) is 23.0 Å². The first-order chi connectivity index (χ1) is 18.9. The summed E-state index contributed by atoms with van der Waals surface area (Å²) in [6, 6.07) is 7.74. The van der Waals surface area contributed by atoms with Gasteiger partial charge in [0.05, 0.1) is 32.0 Å². The second-order valence-electron chi connectivity index (χ2n) is 10.4. The number of carbonyl (C=O) groups excluding carboxylic acids is 1. The number of rotatable bonds is 15. The Labute approximate surface area is 231 Å². The lowest BCUT2D eigenvalue weighted by Gasteiger charge is -2.28. The summed E-state index contributed by atoms with van der Waals surface area (Å²) in [6.45, 7) is 3.13. The van der Waals surface area contributed by atoms with Crippen molar-refractivity contribution in [2.45, 2.75) is 77.2 Å². The Kier molecular flexibility index (Phi) is 9.96. The zero-order valence-corrected chi connectivity index (χ0v) is 23.3. The SMILES string of the molecule is CCCc1cc(OCCCOc2ccc(C(=O)NC)c(OC)c2CC2CC2)cc2c1OC(CCC(=O)O)CC2. The molecule has 1 heterocycles. The zero-order chi connectivity index (χ0) is 27.8. The predicted molar refractivity (Wildman–Crippen MR) is 148 cm³/mol. The first-order valence-electron chi connectivity index (χ1n) is 14.1. The maximum absolute atomic E-state index is 12.3. The average Bonchev–Trinajstić information content (AvgIpc) is 3.76. The van der Waals surface area contributed by atoms with Gasteiger partial charge in [0.15, 0.2) is 0 Å². The number of carbonyl (C=O) groups is 2. The third kappa shape index (κ3) is 7.58. The van der Waals surface area contributed by atoms with Crippen LogP contribution in [0.1, 0.15) is 78.9 Å². The molecule has 0 radical (unpaired) electrons. The fraction of sp³-hybridized carbons (Fsp3) is 0.548. The second kappa shape index (κ2) is 13.6. The summed E-state index contributed by atoms with van der Waals surface area (Å²) in [5, 5.41) is 11.7. The van der Waals surface area contributed by atoms with E-state index in [1.54, 1.807) is 20.2 Å². The molecule has 8 nitrogen and oxygen atoms in total. The minimum Gasteiger partial charge on any atom is -0.495 e. The van der Waals surface area contributed by atoms with Gasteiger partial charge in [-0.15, -0.1) is 0 Å². The van der Waals surface area contributed by atoms with Crippen LogP contribution in [0.2, 0.25) is 0 Å². The van der Waals surface area contributed by atoms with E-state index in [0.29, 0.717) is 43.3 Å². The summed E-state index contributed by atoms with van der Waals surface area (Å²) in [6.07, 6.45) is 8.06. The molecule has 0 saturated heterocycles. The van der Waals surface area contributed by atoms with Gasteiger partial charge in [-0.2, -0.15) is 0 Å². The molecule has 1 aliphatic heterocycles. The van der Waals surface area contributed by atoms with Gasteiger partial charge in [-0.05, 0) is 86.3 Å². The van der Waals surface area contributed by atoms with Gasteiger partial charge in [0.1, 0.15) is 23.0 Å². The van der Waals surface area contributed by atoms with Gasteiger partial charge in [0.25, 0.3) is 5.91 Å². The second-order valence-corrected chi connectivity index (χ2v) is 10.4. The van der Waals surface area contributed by atoms with Crippen molar-refractivity contribution in [3.05, 3.63) is 46.5 Å². The van der Waals surface area contributed by atoms with Crippen molar-refractivity contribution in [3.8, 4) is 23.0 Å². The Bertz CT molecular complexity index is 1160. The van der Waals surface area contributed by atoms with Gasteiger partial charge in [0.2, 0.25) is 0 Å². The van der Waals surface area contributed by atoms with Gasteiger partial charge >= 0.3 is 5.97 Å². The number of ether oxygens (including phenoxy) is 4. The number of methoxy groups -OCH3 is 1. The van der Waals surface area contributed by atoms with Gasteiger partial charge in [-0.3, -0.25) is 9.59 Å². The minimum absolute atomic E-state index is 0.0537. The first kappa shape index (κ1) is 28.6. The Balaban J connectivity index is 1.36. The number of nitrogens with one attached hydrogen (secondary N) is 1. The van der Waals surface area contributed by atoms with Crippen molar-refractivity contribution in [1.29, 1.82) is 0 Å². The number of carboxylic acid groups (broad SMARTS) is 1. The molecule has 1 atom stereocenters. The molecule has 2 aromatic carbocycles. The molecule has 0 bridgehead atoms. The maximum atomic E-state index is 12.3. The Hall–Kier alpha value is -3.42. The molecule has 1 amide bonds. The number of carboxylic acids is 1. The predicted octanol–water partition coefficient (Wildman–Crippen LogP) is 5.37. The van der Waals surface area contributed by atoms with E-state index in [4.69, 9.17) is 24.1 Å². The zero-order valence-electron chi connectivity index (χ0n) is 23.3. The summed E-state index contributed by atoms with van der Waals surface area (Å²) < 4.78 is 24.2. The first-order valence-corrected chi connectivity index (χ1v) is 14.1. The summed E-state index contributed by atoms with van der Waals surface area (Å²) >= 11 is 0. The smallest absolute Gasteiger partial charge is 0.303 e. The third-order valence-electron chi connectivity index (χ3n) is 7.33. The fourth-order valence-corrected chi connectivity index (χ4v) is 5.15. The van der Waals surface area contributed by atoms with E-state index in [1.807, 2.05) is 6.07 Å². The molecule has 2 N–H and O–H groups in total. The molecule has 8 heteroatoms. The Morgan fingerprint density at radius 3 is 2.62 bits per heavy atom. The number of aryl methyl sites for hydroxylation is 2. The van der Waals surface area contributed by atoms with E-state index in [9.17, 15) is 9.59 Å². The van der Waals surface area contributed by atoms with Crippen LogP contribution >= 0.6 is 0 Å². The van der Waals surface area contributed by atoms with Crippen LogP contribution in [0.3, 0.4) is 0 Å². The van der Waals surface area contributed by atoms with Crippen molar-refractivity contribution < 1.29 is 33.6 Å². The quantitative estimate of drug-likeness (QED) is 0.294. The van der Waals surface area contributed by atoms with Crippen LogP contribution in [-0.4, -0.2) is 50.5 Å². The van der Waals surface area contributed by atoms with Gasteiger partial charge in [-0.25, -0.2) is 0 Å². The monoisotopic (exact) mass is 539 g/mol. The van der Waals surface area contributed by atoms with Crippen LogP contribution in [0.4, 0.5) is 0 Å². The van der Waals surface area contributed by atoms with E-state index >= 15 is 0 Å². The van der Waals surface area contributed by atoms with Gasteiger partial charge < -0.3 is 29.4 Å². The number of aliphatic carboxylic acids is 1. The molecule has 1 unspecified atom stereocenters. The molecule has 2 aromatic rings. The molecule has 4 rings (SSSR count). The molecule has 2 aliphatic rings. The Morgan fingerprint density at radius 2 is 1.92 bits per heavy atom. The molecule has 1 saturated carbocycles. The summed E-state index contributed by atoms with van der Waals surface area (Å²) in [5.74, 6) is 2.76. The van der Waals surface area contributed by atoms with Crippen LogP contribution in [0.15, 0.2) is 24.3 Å². The van der Waals surface area contributed by atoms with Crippen molar-refractivity contribution in [2.24, 2.45) is 5.92 Å². The topological polar surface area (TPSA) is 103 Å². The van der Waals surface area contributed by atoms with Crippen molar-refractivity contribution in [2.75, 3.05) is 27.4 Å². The van der Waals surface area contributed by atoms with Crippen LogP contribution in [-0.2, 0) is 24.1 Å². The molecule has 1 fully saturated rings. The van der Waals surface area contributed by atoms with E-state index in [2.05, 4.69) is 24.4 Å². The average molecular weight is 540 g/mol. The maximum Gasteiger partial charge on any atom is 0.303 e. The lowest BCUT2D eigenvalue weighted by Crippen LogP contribution is -2.24. The van der Waals surface area contributed by atoms with E-state index in [0.717, 1.165) is 66.0 Å². The largest absolute Gasteiger partial charge is 0.495 e. The van der Waals surface area contributed by atoms with Gasteiger partial charge in [0, 0.05) is 25.5 Å². The molecular weight excluding hydrogens is 498 g/mol. The standard InChI is InChI=1S/C31H41NO7/c1-4-6-21-18-24(19-22-9-10-23(39-29(21)22)11-14-28(33)34)37-15-5-16-38-27-13-12-25(31(35)32-2)30(36-3)26(27)17-20-7-8-20/h12-13,18-20,23H,4-11,14-17H2,1-3H3,(H,32,35)(H,33,34). The number of amides is 1. The highest BCUT2D eigenvalue weighted by atomic mass is 16.5. The molecule has 0 aromatic heterocycles. The summed E-state index contributed by atoms with van der Waals surface area (Å²) in [4.78, 5) is 23.3. The number of hydrogen-bond acceptors (Lipinski definition) is 6. The highest BCUT2D eigenvalue weighted by molar-refractivity contribution is 5.97. The van der Waals surface area contributed by atoms with Crippen molar-refractivity contribution in [3.63, 3.8) is 0 Å². The summed E-state index contributed by atoms with van der Waals surface area (Å²) in [5.41, 5.74) is 3.74. The third-order valence-corrected chi connectivity index (χ3v) is 7.33. The molecule has 0 spiro atoms. The summed E-state index contributed by atoms with van der Waals surface area (Å²) in [7, 11) is 3.22. The molecular formula is C31H41NO7. The van der Waals surface area contributed by atoms with E-state index < -0.39 is 5.97 Å². The number of fused-ring (bicyclic) bond motifs is 1. The van der Waals surface area contributed by atoms with Crippen LogP contribution in [0, 0.1) is 5.92 Å². The lowest BCUT2D eigenvalue weighted by molar-refractivity contribution is -0.137. The van der Waals surface area contributed by atoms with Crippen molar-refractivity contribution in [1.82, 2.24) is 5.32 Å². The Morgan fingerprint density at radius 1 is 1.13 bits per heavy atom. The molecule has 1 aliphatic carbocycles. The normalized spacial score (nSPS) is 16.1. The lowest BCUT2D eigenvalue weighted by atomic mass is 9.95. The molecule has 39 heavy (non-hydrogen) atoms. The van der Waals surface area contributed by atoms with Crippen LogP contribution < -0.4 is 24.3 Å². The highest BCUT2D eigenvalue weighted by Crippen LogP contribution is 2.41. The van der Waals surface area contributed by atoms with Crippen molar-refractivity contribution >= 4 is 11.9 Å².